The summed E-state index contributed by atoms with van der Waals surface area (Å²) in [7, 11) is 0. The van der Waals surface area contributed by atoms with Gasteiger partial charge in [-0.25, -0.2) is 4.57 Å². The van der Waals surface area contributed by atoms with E-state index in [0.717, 1.165) is 17.8 Å². The van der Waals surface area contributed by atoms with Gasteiger partial charge in [0.1, 0.15) is 0 Å². The van der Waals surface area contributed by atoms with Crippen LogP contribution in [0, 0.1) is 11.8 Å². The molecule has 3 unspecified atom stereocenters. The second-order valence-corrected chi connectivity index (χ2v) is 12.5. The van der Waals surface area contributed by atoms with Gasteiger partial charge in [0.25, 0.3) is 0 Å². The maximum absolute atomic E-state index is 12.7. The molecule has 8 atom stereocenters. The summed E-state index contributed by atoms with van der Waals surface area (Å²) in [4.78, 5) is 10.4. The molecule has 0 aromatic carbocycles. The number of hydrogen-bond acceptors (Lipinski definition) is 7. The maximum atomic E-state index is 12.7. The Morgan fingerprint density at radius 2 is 1.82 bits per heavy atom. The van der Waals surface area contributed by atoms with Crippen LogP contribution in [0.1, 0.15) is 54.4 Å². The summed E-state index contributed by atoms with van der Waals surface area (Å²) in [6.07, 6.45) is 0.0643. The Morgan fingerprint density at radius 3 is 2.43 bits per heavy atom. The fourth-order valence-electron chi connectivity index (χ4n) is 3.88. The minimum Gasteiger partial charge on any atom is -0.392 e. The Morgan fingerprint density at radius 1 is 1.14 bits per heavy atom. The van der Waals surface area contributed by atoms with E-state index >= 15 is 0 Å². The SMILES string of the molecule is CC(C)OC[C@H]1C(O)[C@@H](C)C[C@H]1OP(=O)(O)SC[C@H]1O[C@@H](C)CC1OC(C)C. The molecule has 0 radical (unpaired) electrons. The topological polar surface area (TPSA) is 94.5 Å². The van der Waals surface area contributed by atoms with Gasteiger partial charge in [-0.3, -0.25) is 4.52 Å². The van der Waals surface area contributed by atoms with Gasteiger partial charge in [0.05, 0.1) is 49.3 Å². The lowest BCUT2D eigenvalue weighted by Crippen LogP contribution is -2.31. The smallest absolute Gasteiger partial charge is 0.386 e. The standard InChI is InChI=1S/C19H37O7PS/c1-11(2)23-9-15-16(7-13(5)19(15)20)26-27(21,22)28-10-18-17(24-12(3)4)8-14(6)25-18/h11-20H,7-10H2,1-6H3,(H,21,22)/t13-,14-,15+,16+,17?,18+,19?/m0/s1. The Kier molecular flexibility index (Phi) is 9.30. The molecule has 7 nitrogen and oxygen atoms in total. The van der Waals surface area contributed by atoms with E-state index in [-0.39, 0.29) is 42.4 Å². The van der Waals surface area contributed by atoms with Crippen molar-refractivity contribution in [1.82, 2.24) is 0 Å². The average molecular weight is 441 g/mol. The van der Waals surface area contributed by atoms with Crippen LogP contribution in [0.2, 0.25) is 0 Å². The normalized spacial score (nSPS) is 38.4. The summed E-state index contributed by atoms with van der Waals surface area (Å²) in [5, 5.41) is 10.4. The summed E-state index contributed by atoms with van der Waals surface area (Å²) >= 11 is 0.886. The lowest BCUT2D eigenvalue weighted by molar-refractivity contribution is -0.0340. The third-order valence-corrected chi connectivity index (χ3v) is 8.25. The van der Waals surface area contributed by atoms with Crippen LogP contribution in [-0.4, -0.2) is 65.1 Å². The molecular formula is C19H37O7PS. The van der Waals surface area contributed by atoms with Crippen molar-refractivity contribution >= 4 is 18.2 Å². The lowest BCUT2D eigenvalue weighted by Gasteiger charge is -2.26. The van der Waals surface area contributed by atoms with Crippen LogP contribution in [0.15, 0.2) is 0 Å². The van der Waals surface area contributed by atoms with Crippen LogP contribution >= 0.6 is 18.2 Å². The average Bonchev–Trinajstić information content (AvgIpc) is 3.02. The first kappa shape index (κ1) is 24.6. The van der Waals surface area contributed by atoms with Crippen molar-refractivity contribution in [3.05, 3.63) is 0 Å². The number of aliphatic hydroxyl groups excluding tert-OH is 1. The van der Waals surface area contributed by atoms with Crippen molar-refractivity contribution in [1.29, 1.82) is 0 Å². The molecule has 2 rings (SSSR count). The van der Waals surface area contributed by atoms with Crippen molar-refractivity contribution in [2.45, 2.75) is 97.1 Å². The molecule has 0 bridgehead atoms. The molecule has 1 saturated heterocycles. The first-order chi connectivity index (χ1) is 13.0. The molecule has 0 aromatic heterocycles. The van der Waals surface area contributed by atoms with Crippen LogP contribution in [0.3, 0.4) is 0 Å². The van der Waals surface area contributed by atoms with Gasteiger partial charge in [-0.1, -0.05) is 6.92 Å². The molecule has 2 N–H and O–H groups in total. The zero-order valence-corrected chi connectivity index (χ0v) is 19.5. The van der Waals surface area contributed by atoms with Gasteiger partial charge in [0.2, 0.25) is 0 Å². The highest BCUT2D eigenvalue weighted by molar-refractivity contribution is 8.54. The second kappa shape index (κ2) is 10.6. The highest BCUT2D eigenvalue weighted by Gasteiger charge is 2.45. The van der Waals surface area contributed by atoms with Gasteiger partial charge in [-0.2, -0.15) is 0 Å². The van der Waals surface area contributed by atoms with E-state index in [2.05, 4.69) is 0 Å². The predicted octanol–water partition coefficient (Wildman–Crippen LogP) is 3.62. The molecule has 166 valence electrons. The van der Waals surface area contributed by atoms with Crippen LogP contribution in [0.25, 0.3) is 0 Å². The quantitative estimate of drug-likeness (QED) is 0.498. The summed E-state index contributed by atoms with van der Waals surface area (Å²) in [5.41, 5.74) is 0. The van der Waals surface area contributed by atoms with E-state index < -0.39 is 19.0 Å². The molecule has 2 fully saturated rings. The molecule has 0 amide bonds. The van der Waals surface area contributed by atoms with E-state index in [1.165, 1.54) is 0 Å². The molecule has 28 heavy (non-hydrogen) atoms. The van der Waals surface area contributed by atoms with Gasteiger partial charge in [0.15, 0.2) is 0 Å². The van der Waals surface area contributed by atoms with Gasteiger partial charge in [-0.15, -0.1) is 0 Å². The molecule has 1 saturated carbocycles. The highest BCUT2D eigenvalue weighted by atomic mass is 32.7. The van der Waals surface area contributed by atoms with Gasteiger partial charge in [0, 0.05) is 18.1 Å². The number of aliphatic hydroxyl groups is 1. The third kappa shape index (κ3) is 7.24. The van der Waals surface area contributed by atoms with Crippen LogP contribution in [0.4, 0.5) is 0 Å². The van der Waals surface area contributed by atoms with E-state index in [9.17, 15) is 14.6 Å². The zero-order valence-electron chi connectivity index (χ0n) is 17.8. The maximum Gasteiger partial charge on any atom is 0.386 e. The zero-order chi connectivity index (χ0) is 21.1. The van der Waals surface area contributed by atoms with Gasteiger partial charge >= 0.3 is 6.80 Å². The summed E-state index contributed by atoms with van der Waals surface area (Å²) in [6, 6.07) is 0. The Hall–Kier alpha value is 0.340. The second-order valence-electron chi connectivity index (χ2n) is 8.60. The Bertz CT molecular complexity index is 532. The van der Waals surface area contributed by atoms with Crippen LogP contribution in [0.5, 0.6) is 0 Å². The Balaban J connectivity index is 1.91. The van der Waals surface area contributed by atoms with Gasteiger partial charge < -0.3 is 24.2 Å². The van der Waals surface area contributed by atoms with Crippen molar-refractivity contribution in [3.63, 3.8) is 0 Å². The molecule has 1 heterocycles. The van der Waals surface area contributed by atoms with E-state index in [1.54, 1.807) is 0 Å². The first-order valence-electron chi connectivity index (χ1n) is 10.2. The summed E-state index contributed by atoms with van der Waals surface area (Å²) in [6.45, 7) is 8.11. The molecule has 2 aliphatic rings. The van der Waals surface area contributed by atoms with E-state index in [0.29, 0.717) is 18.8 Å². The molecule has 0 aromatic rings. The van der Waals surface area contributed by atoms with E-state index in [1.807, 2.05) is 41.5 Å². The highest BCUT2D eigenvalue weighted by Crippen LogP contribution is 2.59. The number of ether oxygens (including phenoxy) is 3. The minimum atomic E-state index is -3.90. The fourth-order valence-corrected chi connectivity index (χ4v) is 6.68. The van der Waals surface area contributed by atoms with Crippen LogP contribution < -0.4 is 0 Å². The summed E-state index contributed by atoms with van der Waals surface area (Å²) < 4.78 is 35.7. The monoisotopic (exact) mass is 440 g/mol. The van der Waals surface area contributed by atoms with Crippen LogP contribution in [-0.2, 0) is 23.3 Å². The first-order valence-corrected chi connectivity index (χ1v) is 13.4. The Labute approximate surface area is 173 Å². The van der Waals surface area contributed by atoms with Crippen molar-refractivity contribution < 1.29 is 33.3 Å². The summed E-state index contributed by atoms with van der Waals surface area (Å²) in [5.74, 6) is 0.0184. The molecular weight excluding hydrogens is 403 g/mol. The molecule has 0 spiro atoms. The third-order valence-electron chi connectivity index (χ3n) is 5.23. The molecule has 1 aliphatic heterocycles. The minimum absolute atomic E-state index is 0.00130. The fraction of sp³-hybridized carbons (Fsp3) is 1.00. The van der Waals surface area contributed by atoms with E-state index in [4.69, 9.17) is 18.7 Å². The number of rotatable bonds is 10. The largest absolute Gasteiger partial charge is 0.392 e. The molecule has 9 heteroatoms. The lowest BCUT2D eigenvalue weighted by atomic mass is 10.0. The predicted molar refractivity (Wildman–Crippen MR) is 110 cm³/mol. The van der Waals surface area contributed by atoms with Gasteiger partial charge in [-0.05, 0) is 58.3 Å². The molecule has 1 aliphatic carbocycles. The van der Waals surface area contributed by atoms with Crippen molar-refractivity contribution in [2.24, 2.45) is 11.8 Å². The van der Waals surface area contributed by atoms with Crippen molar-refractivity contribution in [2.75, 3.05) is 12.4 Å². The van der Waals surface area contributed by atoms with Crippen molar-refractivity contribution in [3.8, 4) is 0 Å². The number of hydrogen-bond donors (Lipinski definition) is 2.